The van der Waals surface area contributed by atoms with Crippen LogP contribution in [-0.4, -0.2) is 19.2 Å². The summed E-state index contributed by atoms with van der Waals surface area (Å²) in [6.07, 6.45) is 3.55. The first kappa shape index (κ1) is 14.1. The number of anilines is 1. The predicted octanol–water partition coefficient (Wildman–Crippen LogP) is 3.57. The highest BCUT2D eigenvalue weighted by Gasteiger charge is 2.06. The van der Waals surface area contributed by atoms with Crippen molar-refractivity contribution in [2.24, 2.45) is 0 Å². The molecule has 1 aliphatic heterocycles. The minimum absolute atomic E-state index is 0.222. The lowest BCUT2D eigenvalue weighted by Gasteiger charge is -2.14. The van der Waals surface area contributed by atoms with Gasteiger partial charge in [0.25, 0.3) is 0 Å². The Morgan fingerprint density at radius 2 is 2.11 bits per heavy atom. The summed E-state index contributed by atoms with van der Waals surface area (Å²) in [6.45, 7) is 3.46. The van der Waals surface area contributed by atoms with E-state index in [2.05, 4.69) is 26.6 Å². The van der Waals surface area contributed by atoms with Crippen molar-refractivity contribution in [1.82, 2.24) is 5.32 Å². The zero-order chi connectivity index (χ0) is 13.7. The van der Waals surface area contributed by atoms with E-state index in [-0.39, 0.29) is 6.03 Å². The largest absolute Gasteiger partial charge is 0.381 e. The van der Waals surface area contributed by atoms with Crippen LogP contribution in [0.5, 0.6) is 0 Å². The van der Waals surface area contributed by atoms with Crippen LogP contribution in [0.15, 0.2) is 34.4 Å². The normalized spacial score (nSPS) is 14.9. The number of hydrogen-bond donors (Lipinski definition) is 2. The lowest BCUT2D eigenvalue weighted by Crippen LogP contribution is -2.25. The van der Waals surface area contributed by atoms with E-state index >= 15 is 0 Å². The molecule has 4 nitrogen and oxygen atoms in total. The fourth-order valence-electron chi connectivity index (χ4n) is 1.84. The van der Waals surface area contributed by atoms with Crippen molar-refractivity contribution in [3.8, 4) is 0 Å². The Labute approximate surface area is 121 Å². The standard InChI is InChI=1S/C14H17BrN2O2/c1-10-8-12(2-3-13(10)15)17-14(18)16-9-11-4-6-19-7-5-11/h2-3,8-9H,4-7H2,1H3,(H2,16,17,18). The van der Waals surface area contributed by atoms with E-state index < -0.39 is 0 Å². The average molecular weight is 325 g/mol. The van der Waals surface area contributed by atoms with Crippen LogP contribution in [0.3, 0.4) is 0 Å². The Hall–Kier alpha value is -1.33. The fourth-order valence-corrected chi connectivity index (χ4v) is 2.08. The lowest BCUT2D eigenvalue weighted by molar-refractivity contribution is 0.119. The SMILES string of the molecule is Cc1cc(NC(=O)NC=C2CCOCC2)ccc1Br. The van der Waals surface area contributed by atoms with Gasteiger partial charge in [-0.15, -0.1) is 0 Å². The lowest BCUT2D eigenvalue weighted by atomic mass is 10.1. The number of urea groups is 1. The second-order valence-electron chi connectivity index (χ2n) is 4.48. The van der Waals surface area contributed by atoms with Crippen molar-refractivity contribution in [1.29, 1.82) is 0 Å². The minimum Gasteiger partial charge on any atom is -0.381 e. The molecule has 0 saturated carbocycles. The van der Waals surface area contributed by atoms with E-state index in [1.54, 1.807) is 6.20 Å². The summed E-state index contributed by atoms with van der Waals surface area (Å²) in [4.78, 5) is 11.7. The number of carbonyl (C=O) groups is 1. The van der Waals surface area contributed by atoms with E-state index in [4.69, 9.17) is 4.74 Å². The van der Waals surface area contributed by atoms with Gasteiger partial charge < -0.3 is 15.4 Å². The molecule has 0 aliphatic carbocycles. The number of nitrogens with one attached hydrogen (secondary N) is 2. The van der Waals surface area contributed by atoms with Crippen LogP contribution < -0.4 is 10.6 Å². The van der Waals surface area contributed by atoms with Crippen LogP contribution in [0.2, 0.25) is 0 Å². The third-order valence-electron chi connectivity index (χ3n) is 2.96. The van der Waals surface area contributed by atoms with Gasteiger partial charge >= 0.3 is 6.03 Å². The molecule has 1 heterocycles. The van der Waals surface area contributed by atoms with Gasteiger partial charge in [0.05, 0.1) is 13.2 Å². The fraction of sp³-hybridized carbons (Fsp3) is 0.357. The van der Waals surface area contributed by atoms with Crippen LogP contribution in [0.4, 0.5) is 10.5 Å². The Bertz CT molecular complexity index is 492. The third-order valence-corrected chi connectivity index (χ3v) is 3.85. The molecule has 19 heavy (non-hydrogen) atoms. The second-order valence-corrected chi connectivity index (χ2v) is 5.33. The molecule has 0 aromatic heterocycles. The number of hydrogen-bond acceptors (Lipinski definition) is 2. The van der Waals surface area contributed by atoms with E-state index in [0.717, 1.165) is 41.8 Å². The highest BCUT2D eigenvalue weighted by molar-refractivity contribution is 9.10. The molecule has 2 rings (SSSR count). The number of ether oxygens (including phenoxy) is 1. The summed E-state index contributed by atoms with van der Waals surface area (Å²) < 4.78 is 6.28. The first-order valence-corrected chi connectivity index (χ1v) is 7.04. The summed E-state index contributed by atoms with van der Waals surface area (Å²) in [5.74, 6) is 0. The van der Waals surface area contributed by atoms with Gasteiger partial charge in [0.1, 0.15) is 0 Å². The van der Waals surface area contributed by atoms with Gasteiger partial charge in [-0.25, -0.2) is 4.79 Å². The van der Waals surface area contributed by atoms with Crippen molar-refractivity contribution < 1.29 is 9.53 Å². The molecule has 102 valence electrons. The van der Waals surface area contributed by atoms with Crippen molar-refractivity contribution in [3.05, 3.63) is 40.0 Å². The highest BCUT2D eigenvalue weighted by atomic mass is 79.9. The number of amides is 2. The van der Waals surface area contributed by atoms with Gasteiger partial charge in [-0.05, 0) is 49.1 Å². The van der Waals surface area contributed by atoms with Gasteiger partial charge in [-0.3, -0.25) is 0 Å². The summed E-state index contributed by atoms with van der Waals surface area (Å²) in [5, 5.41) is 5.56. The molecule has 1 aromatic rings. The monoisotopic (exact) mass is 324 g/mol. The molecular formula is C14H17BrN2O2. The second kappa shape index (κ2) is 6.73. The van der Waals surface area contributed by atoms with E-state index in [9.17, 15) is 4.79 Å². The van der Waals surface area contributed by atoms with Crippen molar-refractivity contribution in [2.75, 3.05) is 18.5 Å². The van der Waals surface area contributed by atoms with Crippen LogP contribution in [0.25, 0.3) is 0 Å². The van der Waals surface area contributed by atoms with Crippen molar-refractivity contribution >= 4 is 27.6 Å². The maximum absolute atomic E-state index is 11.7. The molecule has 0 atom stereocenters. The Morgan fingerprint density at radius 1 is 1.37 bits per heavy atom. The molecule has 0 spiro atoms. The van der Waals surface area contributed by atoms with Crippen LogP contribution in [-0.2, 0) is 4.74 Å². The molecular weight excluding hydrogens is 308 g/mol. The van der Waals surface area contributed by atoms with Crippen LogP contribution in [0.1, 0.15) is 18.4 Å². The van der Waals surface area contributed by atoms with Gasteiger partial charge in [0.2, 0.25) is 0 Å². The molecule has 1 aliphatic rings. The maximum Gasteiger partial charge on any atom is 0.323 e. The summed E-state index contributed by atoms with van der Waals surface area (Å²) >= 11 is 3.43. The number of rotatable bonds is 2. The molecule has 0 bridgehead atoms. The molecule has 0 radical (unpaired) electrons. The predicted molar refractivity (Wildman–Crippen MR) is 79.2 cm³/mol. The van der Waals surface area contributed by atoms with Crippen molar-refractivity contribution in [2.45, 2.75) is 19.8 Å². The van der Waals surface area contributed by atoms with E-state index in [1.165, 1.54) is 5.57 Å². The van der Waals surface area contributed by atoms with E-state index in [1.807, 2.05) is 25.1 Å². The quantitative estimate of drug-likeness (QED) is 0.873. The van der Waals surface area contributed by atoms with Crippen LogP contribution in [0, 0.1) is 6.92 Å². The highest BCUT2D eigenvalue weighted by Crippen LogP contribution is 2.19. The number of benzene rings is 1. The minimum atomic E-state index is -0.222. The average Bonchev–Trinajstić information content (AvgIpc) is 2.42. The first-order chi connectivity index (χ1) is 9.15. The Kier molecular flexibility index (Phi) is 4.99. The van der Waals surface area contributed by atoms with Gasteiger partial charge in [0.15, 0.2) is 0 Å². The van der Waals surface area contributed by atoms with Gasteiger partial charge in [0, 0.05) is 16.4 Å². The Morgan fingerprint density at radius 3 is 2.79 bits per heavy atom. The summed E-state index contributed by atoms with van der Waals surface area (Å²) in [7, 11) is 0. The van der Waals surface area contributed by atoms with Gasteiger partial charge in [-0.2, -0.15) is 0 Å². The summed E-state index contributed by atoms with van der Waals surface area (Å²) in [6, 6.07) is 5.48. The summed E-state index contributed by atoms with van der Waals surface area (Å²) in [5.41, 5.74) is 3.08. The van der Waals surface area contributed by atoms with E-state index in [0.29, 0.717) is 0 Å². The van der Waals surface area contributed by atoms with Crippen molar-refractivity contribution in [3.63, 3.8) is 0 Å². The molecule has 0 unspecified atom stereocenters. The number of aryl methyl sites for hydroxylation is 1. The van der Waals surface area contributed by atoms with Crippen LogP contribution >= 0.6 is 15.9 Å². The molecule has 5 heteroatoms. The smallest absolute Gasteiger partial charge is 0.323 e. The zero-order valence-electron chi connectivity index (χ0n) is 10.8. The number of halogens is 1. The maximum atomic E-state index is 11.7. The third kappa shape index (κ3) is 4.36. The topological polar surface area (TPSA) is 50.4 Å². The molecule has 2 N–H and O–H groups in total. The molecule has 1 aromatic carbocycles. The number of carbonyl (C=O) groups excluding carboxylic acids is 1. The first-order valence-electron chi connectivity index (χ1n) is 6.24. The zero-order valence-corrected chi connectivity index (χ0v) is 12.4. The Balaban J connectivity index is 1.88. The molecule has 1 fully saturated rings. The molecule has 2 amide bonds. The van der Waals surface area contributed by atoms with Gasteiger partial charge in [-0.1, -0.05) is 15.9 Å². The molecule has 1 saturated heterocycles.